The number of carbonyl (C=O) groups excluding carboxylic acids is 1. The lowest BCUT2D eigenvalue weighted by molar-refractivity contribution is 0.0754. The number of nitrogens with zero attached hydrogens (tertiary/aromatic N) is 1. The number of carbonyl (C=O) groups is 1. The van der Waals surface area contributed by atoms with Crippen LogP contribution in [0.3, 0.4) is 0 Å². The summed E-state index contributed by atoms with van der Waals surface area (Å²) in [7, 11) is 0. The second kappa shape index (κ2) is 5.23. The second-order valence-electron chi connectivity index (χ2n) is 7.02. The molecule has 0 atom stereocenters. The van der Waals surface area contributed by atoms with Crippen LogP contribution in [0.15, 0.2) is 10.6 Å². The zero-order chi connectivity index (χ0) is 14.2. The van der Waals surface area contributed by atoms with Gasteiger partial charge in [-0.3, -0.25) is 4.79 Å². The lowest BCUT2D eigenvalue weighted by Crippen LogP contribution is -2.42. The lowest BCUT2D eigenvalue weighted by atomic mass is 9.64. The Morgan fingerprint density at radius 2 is 2.25 bits per heavy atom. The van der Waals surface area contributed by atoms with Gasteiger partial charge in [0, 0.05) is 18.5 Å². The van der Waals surface area contributed by atoms with E-state index < -0.39 is 0 Å². The quantitative estimate of drug-likeness (QED) is 0.865. The minimum Gasteiger partial charge on any atom is -0.351 e. The zero-order valence-electron chi connectivity index (χ0n) is 12.4. The van der Waals surface area contributed by atoms with E-state index in [-0.39, 0.29) is 5.91 Å². The Kier molecular flexibility index (Phi) is 3.57. The molecule has 2 aliphatic carbocycles. The molecule has 20 heavy (non-hydrogen) atoms. The minimum absolute atomic E-state index is 0.112. The molecular formula is C16H24N2O2. The molecule has 0 unspecified atom stereocenters. The highest BCUT2D eigenvalue weighted by molar-refractivity contribution is 5.91. The maximum absolute atomic E-state index is 12.1. The Balaban J connectivity index is 1.55. The molecule has 1 N–H and O–H groups in total. The normalized spacial score (nSPS) is 20.8. The fourth-order valence-electron chi connectivity index (χ4n) is 3.32. The summed E-state index contributed by atoms with van der Waals surface area (Å²) in [4.78, 5) is 12.1. The number of aromatic nitrogens is 1. The molecule has 4 nitrogen and oxygen atoms in total. The largest absolute Gasteiger partial charge is 0.351 e. The van der Waals surface area contributed by atoms with Gasteiger partial charge in [-0.25, -0.2) is 0 Å². The van der Waals surface area contributed by atoms with Crippen LogP contribution in [-0.2, 0) is 0 Å². The van der Waals surface area contributed by atoms with Crippen LogP contribution in [0, 0.1) is 11.3 Å². The summed E-state index contributed by atoms with van der Waals surface area (Å²) in [6.45, 7) is 5.27. The van der Waals surface area contributed by atoms with E-state index in [1.165, 1.54) is 38.5 Å². The molecule has 0 aliphatic heterocycles. The van der Waals surface area contributed by atoms with Crippen LogP contribution in [-0.4, -0.2) is 17.6 Å². The fourth-order valence-corrected chi connectivity index (χ4v) is 3.32. The van der Waals surface area contributed by atoms with Crippen molar-refractivity contribution in [3.8, 4) is 0 Å². The van der Waals surface area contributed by atoms with Crippen molar-refractivity contribution in [1.82, 2.24) is 10.5 Å². The average molecular weight is 276 g/mol. The Labute approximate surface area is 120 Å². The number of amides is 1. The predicted octanol–water partition coefficient (Wildman–Crippen LogP) is 3.50. The number of hydrogen-bond donors (Lipinski definition) is 1. The van der Waals surface area contributed by atoms with Gasteiger partial charge < -0.3 is 9.84 Å². The van der Waals surface area contributed by atoms with Gasteiger partial charge in [0.05, 0.1) is 5.69 Å². The molecule has 110 valence electrons. The monoisotopic (exact) mass is 276 g/mol. The fraction of sp³-hybridized carbons (Fsp3) is 0.750. The number of rotatable bonds is 6. The molecule has 2 fully saturated rings. The van der Waals surface area contributed by atoms with E-state index in [0.29, 0.717) is 23.0 Å². The van der Waals surface area contributed by atoms with E-state index in [9.17, 15) is 4.79 Å². The molecule has 0 bridgehead atoms. The molecule has 2 saturated carbocycles. The van der Waals surface area contributed by atoms with Crippen LogP contribution < -0.4 is 5.32 Å². The van der Waals surface area contributed by atoms with Gasteiger partial charge in [-0.15, -0.1) is 0 Å². The summed E-state index contributed by atoms with van der Waals surface area (Å²) in [5.41, 5.74) is 1.26. The topological polar surface area (TPSA) is 55.1 Å². The highest BCUT2D eigenvalue weighted by Crippen LogP contribution is 2.45. The van der Waals surface area contributed by atoms with Gasteiger partial charge in [-0.1, -0.05) is 25.4 Å². The lowest BCUT2D eigenvalue weighted by Gasteiger charge is -2.43. The summed E-state index contributed by atoms with van der Waals surface area (Å²) in [5.74, 6) is 1.46. The van der Waals surface area contributed by atoms with E-state index in [2.05, 4.69) is 24.3 Å². The Hall–Kier alpha value is -1.32. The SMILES string of the molecule is CC(C)CC1(CNC(=O)c2cc(C3CC3)no2)CCC1. The van der Waals surface area contributed by atoms with Crippen LogP contribution in [0.1, 0.15) is 74.5 Å². The van der Waals surface area contributed by atoms with Crippen LogP contribution in [0.2, 0.25) is 0 Å². The maximum atomic E-state index is 12.1. The smallest absolute Gasteiger partial charge is 0.289 e. The van der Waals surface area contributed by atoms with Crippen LogP contribution in [0.25, 0.3) is 0 Å². The first-order valence-corrected chi connectivity index (χ1v) is 7.83. The molecule has 1 amide bonds. The van der Waals surface area contributed by atoms with Crippen LogP contribution in [0.5, 0.6) is 0 Å². The van der Waals surface area contributed by atoms with Gasteiger partial charge in [-0.2, -0.15) is 0 Å². The van der Waals surface area contributed by atoms with Crippen molar-refractivity contribution in [2.45, 2.75) is 58.3 Å². The third-order valence-corrected chi connectivity index (χ3v) is 4.63. The summed E-state index contributed by atoms with van der Waals surface area (Å²) in [6, 6.07) is 1.81. The first kappa shape index (κ1) is 13.7. The average Bonchev–Trinajstić information content (AvgIpc) is 3.09. The van der Waals surface area contributed by atoms with Crippen molar-refractivity contribution in [3.05, 3.63) is 17.5 Å². The van der Waals surface area contributed by atoms with Crippen molar-refractivity contribution in [2.24, 2.45) is 11.3 Å². The first-order chi connectivity index (χ1) is 9.58. The molecule has 1 aromatic heterocycles. The zero-order valence-corrected chi connectivity index (χ0v) is 12.4. The van der Waals surface area contributed by atoms with Gasteiger partial charge in [0.25, 0.3) is 5.91 Å². The molecular weight excluding hydrogens is 252 g/mol. The van der Waals surface area contributed by atoms with Gasteiger partial charge in [0.2, 0.25) is 5.76 Å². The molecule has 0 spiro atoms. The minimum atomic E-state index is -0.112. The van der Waals surface area contributed by atoms with Gasteiger partial charge in [0.15, 0.2) is 0 Å². The van der Waals surface area contributed by atoms with Crippen molar-refractivity contribution < 1.29 is 9.32 Å². The van der Waals surface area contributed by atoms with Crippen molar-refractivity contribution in [3.63, 3.8) is 0 Å². The van der Waals surface area contributed by atoms with E-state index in [4.69, 9.17) is 4.52 Å². The van der Waals surface area contributed by atoms with Crippen molar-refractivity contribution in [1.29, 1.82) is 0 Å². The second-order valence-corrected chi connectivity index (χ2v) is 7.02. The summed E-state index contributed by atoms with van der Waals surface area (Å²) < 4.78 is 5.16. The van der Waals surface area contributed by atoms with Crippen LogP contribution >= 0.6 is 0 Å². The Morgan fingerprint density at radius 1 is 1.50 bits per heavy atom. The molecule has 1 aromatic rings. The Morgan fingerprint density at radius 3 is 2.80 bits per heavy atom. The Bertz CT molecular complexity index is 484. The third kappa shape index (κ3) is 2.89. The van der Waals surface area contributed by atoms with Crippen LogP contribution in [0.4, 0.5) is 0 Å². The summed E-state index contributed by atoms with van der Waals surface area (Å²) >= 11 is 0. The predicted molar refractivity (Wildman–Crippen MR) is 76.6 cm³/mol. The number of hydrogen-bond acceptors (Lipinski definition) is 3. The summed E-state index contributed by atoms with van der Waals surface area (Å²) in [6.07, 6.45) is 7.29. The van der Waals surface area contributed by atoms with E-state index in [1.54, 1.807) is 0 Å². The van der Waals surface area contributed by atoms with Crippen molar-refractivity contribution in [2.75, 3.05) is 6.54 Å². The summed E-state index contributed by atoms with van der Waals surface area (Å²) in [5, 5.41) is 7.04. The molecule has 0 radical (unpaired) electrons. The molecule has 0 aromatic carbocycles. The molecule has 1 heterocycles. The van der Waals surface area contributed by atoms with Crippen molar-refractivity contribution >= 4 is 5.91 Å². The van der Waals surface area contributed by atoms with E-state index >= 15 is 0 Å². The molecule has 2 aliphatic rings. The van der Waals surface area contributed by atoms with Gasteiger partial charge >= 0.3 is 0 Å². The van der Waals surface area contributed by atoms with Gasteiger partial charge in [0.1, 0.15) is 0 Å². The highest BCUT2D eigenvalue weighted by Gasteiger charge is 2.37. The number of nitrogens with one attached hydrogen (secondary N) is 1. The van der Waals surface area contributed by atoms with Gasteiger partial charge in [-0.05, 0) is 43.4 Å². The third-order valence-electron chi connectivity index (χ3n) is 4.63. The first-order valence-electron chi connectivity index (χ1n) is 7.83. The molecule has 3 rings (SSSR count). The maximum Gasteiger partial charge on any atom is 0.289 e. The van der Waals surface area contributed by atoms with E-state index in [0.717, 1.165) is 12.2 Å². The standard InChI is InChI=1S/C16H24N2O2/c1-11(2)9-16(6-3-7-16)10-17-15(19)14-8-13(18-20-14)12-4-5-12/h8,11-12H,3-7,9-10H2,1-2H3,(H,17,19). The van der Waals surface area contributed by atoms with E-state index in [1.807, 2.05) is 6.07 Å². The molecule has 4 heteroatoms. The molecule has 0 saturated heterocycles. The highest BCUT2D eigenvalue weighted by atomic mass is 16.5.